The van der Waals surface area contributed by atoms with Crippen LogP contribution in [-0.4, -0.2) is 29.2 Å². The monoisotopic (exact) mass is 243 g/mol. The van der Waals surface area contributed by atoms with Gasteiger partial charge in [-0.1, -0.05) is 18.6 Å². The molecule has 0 saturated carbocycles. The average molecular weight is 243 g/mol. The van der Waals surface area contributed by atoms with Crippen molar-refractivity contribution in [1.29, 1.82) is 0 Å². The highest BCUT2D eigenvalue weighted by atomic mass is 16.5. The molecule has 0 spiro atoms. The molecule has 0 bridgehead atoms. The maximum Gasteiger partial charge on any atom is 0.224 e. The molecule has 2 heterocycles. The Bertz CT molecular complexity index is 518. The molecule has 1 atom stereocenters. The number of nitrogens with zero attached hydrogens (tertiary/aromatic N) is 2. The highest BCUT2D eigenvalue weighted by Gasteiger charge is 2.14. The standard InChI is InChI=1S/C14H17N3O/c1-2-7-13-12(6-1)14(17-10-16-13)18-9-11-5-3-4-8-15-11/h1-2,6-7,10-11,15H,3-5,8-9H2. The molecule has 1 saturated heterocycles. The van der Waals surface area contributed by atoms with E-state index in [4.69, 9.17) is 4.74 Å². The smallest absolute Gasteiger partial charge is 0.224 e. The molecular weight excluding hydrogens is 226 g/mol. The molecule has 2 aromatic rings. The van der Waals surface area contributed by atoms with Crippen LogP contribution in [0.2, 0.25) is 0 Å². The topological polar surface area (TPSA) is 47.0 Å². The van der Waals surface area contributed by atoms with Gasteiger partial charge in [-0.15, -0.1) is 0 Å². The SMILES string of the molecule is c1ccc2c(OCC3CCCCN3)ncnc2c1. The van der Waals surface area contributed by atoms with E-state index >= 15 is 0 Å². The van der Waals surface area contributed by atoms with E-state index in [0.29, 0.717) is 18.5 Å². The van der Waals surface area contributed by atoms with E-state index in [1.54, 1.807) is 6.33 Å². The minimum absolute atomic E-state index is 0.451. The molecule has 0 aliphatic carbocycles. The number of rotatable bonds is 3. The summed E-state index contributed by atoms with van der Waals surface area (Å²) in [6.07, 6.45) is 5.30. The number of para-hydroxylation sites is 1. The number of piperidine rings is 1. The van der Waals surface area contributed by atoms with Crippen molar-refractivity contribution in [2.24, 2.45) is 0 Å². The lowest BCUT2D eigenvalue weighted by molar-refractivity contribution is 0.234. The third-order valence-corrected chi connectivity index (χ3v) is 3.34. The zero-order valence-corrected chi connectivity index (χ0v) is 10.3. The normalized spacial score (nSPS) is 19.9. The van der Waals surface area contributed by atoms with Gasteiger partial charge in [-0.25, -0.2) is 9.97 Å². The van der Waals surface area contributed by atoms with Gasteiger partial charge < -0.3 is 10.1 Å². The molecule has 0 amide bonds. The summed E-state index contributed by atoms with van der Waals surface area (Å²) < 4.78 is 5.85. The van der Waals surface area contributed by atoms with Gasteiger partial charge in [0.15, 0.2) is 0 Å². The zero-order chi connectivity index (χ0) is 12.2. The Morgan fingerprint density at radius 3 is 3.06 bits per heavy atom. The first kappa shape index (κ1) is 11.4. The number of nitrogens with one attached hydrogen (secondary N) is 1. The maximum absolute atomic E-state index is 5.85. The Morgan fingerprint density at radius 1 is 1.22 bits per heavy atom. The molecule has 1 aliphatic heterocycles. The highest BCUT2D eigenvalue weighted by molar-refractivity contribution is 5.82. The number of hydrogen-bond donors (Lipinski definition) is 1. The molecule has 3 rings (SSSR count). The van der Waals surface area contributed by atoms with Gasteiger partial charge in [0.05, 0.1) is 10.9 Å². The van der Waals surface area contributed by atoms with E-state index in [1.807, 2.05) is 24.3 Å². The van der Waals surface area contributed by atoms with Crippen LogP contribution in [0, 0.1) is 0 Å². The summed E-state index contributed by atoms with van der Waals surface area (Å²) in [5.41, 5.74) is 0.930. The molecule has 1 fully saturated rings. The first-order chi connectivity index (χ1) is 8.93. The predicted octanol–water partition coefficient (Wildman–Crippen LogP) is 2.15. The van der Waals surface area contributed by atoms with Crippen molar-refractivity contribution in [2.75, 3.05) is 13.2 Å². The van der Waals surface area contributed by atoms with Gasteiger partial charge in [0, 0.05) is 6.04 Å². The summed E-state index contributed by atoms with van der Waals surface area (Å²) in [4.78, 5) is 8.46. The Labute approximate surface area is 106 Å². The van der Waals surface area contributed by atoms with Crippen molar-refractivity contribution < 1.29 is 4.74 Å². The number of hydrogen-bond acceptors (Lipinski definition) is 4. The Hall–Kier alpha value is -1.68. The van der Waals surface area contributed by atoms with Crippen LogP contribution in [0.15, 0.2) is 30.6 Å². The predicted molar refractivity (Wildman–Crippen MR) is 70.7 cm³/mol. The highest BCUT2D eigenvalue weighted by Crippen LogP contribution is 2.21. The summed E-state index contributed by atoms with van der Waals surface area (Å²) in [5.74, 6) is 0.688. The van der Waals surface area contributed by atoms with Crippen molar-refractivity contribution >= 4 is 10.9 Å². The molecule has 1 aliphatic rings. The fourth-order valence-corrected chi connectivity index (χ4v) is 2.34. The Kier molecular flexibility index (Phi) is 3.37. The number of fused-ring (bicyclic) bond motifs is 1. The lowest BCUT2D eigenvalue weighted by atomic mass is 10.1. The molecular formula is C14H17N3O. The fourth-order valence-electron chi connectivity index (χ4n) is 2.34. The fraction of sp³-hybridized carbons (Fsp3) is 0.429. The Balaban J connectivity index is 1.74. The summed E-state index contributed by atoms with van der Waals surface area (Å²) in [6, 6.07) is 8.38. The van der Waals surface area contributed by atoms with Crippen molar-refractivity contribution in [2.45, 2.75) is 25.3 Å². The van der Waals surface area contributed by atoms with E-state index in [0.717, 1.165) is 17.4 Å². The zero-order valence-electron chi connectivity index (χ0n) is 10.3. The van der Waals surface area contributed by atoms with Crippen molar-refractivity contribution in [3.8, 4) is 5.88 Å². The average Bonchev–Trinajstić information content (AvgIpc) is 2.46. The number of ether oxygens (including phenoxy) is 1. The van der Waals surface area contributed by atoms with E-state index < -0.39 is 0 Å². The molecule has 1 aromatic carbocycles. The van der Waals surface area contributed by atoms with Gasteiger partial charge in [-0.05, 0) is 31.5 Å². The second-order valence-electron chi connectivity index (χ2n) is 4.65. The molecule has 94 valence electrons. The second kappa shape index (κ2) is 5.31. The summed E-state index contributed by atoms with van der Waals surface area (Å²) >= 11 is 0. The molecule has 4 heteroatoms. The van der Waals surface area contributed by atoms with Gasteiger partial charge in [0.25, 0.3) is 0 Å². The van der Waals surface area contributed by atoms with Gasteiger partial charge in [-0.2, -0.15) is 0 Å². The van der Waals surface area contributed by atoms with Gasteiger partial charge >= 0.3 is 0 Å². The third kappa shape index (κ3) is 2.43. The summed E-state index contributed by atoms with van der Waals surface area (Å²) in [6.45, 7) is 1.78. The number of benzene rings is 1. The second-order valence-corrected chi connectivity index (χ2v) is 4.65. The number of aromatic nitrogens is 2. The molecule has 4 nitrogen and oxygen atoms in total. The van der Waals surface area contributed by atoms with E-state index in [9.17, 15) is 0 Å². The summed E-state index contributed by atoms with van der Waals surface area (Å²) in [7, 11) is 0. The van der Waals surface area contributed by atoms with Crippen LogP contribution >= 0.6 is 0 Å². The molecule has 18 heavy (non-hydrogen) atoms. The molecule has 1 aromatic heterocycles. The van der Waals surface area contributed by atoms with Crippen LogP contribution in [0.5, 0.6) is 5.88 Å². The molecule has 0 radical (unpaired) electrons. The van der Waals surface area contributed by atoms with Crippen molar-refractivity contribution in [3.63, 3.8) is 0 Å². The van der Waals surface area contributed by atoms with E-state index in [1.165, 1.54) is 19.3 Å². The summed E-state index contributed by atoms with van der Waals surface area (Å²) in [5, 5.41) is 4.45. The largest absolute Gasteiger partial charge is 0.475 e. The lowest BCUT2D eigenvalue weighted by Gasteiger charge is -2.23. The van der Waals surface area contributed by atoms with Crippen LogP contribution in [0.3, 0.4) is 0 Å². The first-order valence-electron chi connectivity index (χ1n) is 6.49. The van der Waals surface area contributed by atoms with Gasteiger partial charge in [0.1, 0.15) is 12.9 Å². The Morgan fingerprint density at radius 2 is 2.17 bits per heavy atom. The van der Waals surface area contributed by atoms with Crippen LogP contribution < -0.4 is 10.1 Å². The van der Waals surface area contributed by atoms with Crippen LogP contribution in [-0.2, 0) is 0 Å². The van der Waals surface area contributed by atoms with E-state index in [2.05, 4.69) is 15.3 Å². The minimum Gasteiger partial charge on any atom is -0.475 e. The van der Waals surface area contributed by atoms with E-state index in [-0.39, 0.29) is 0 Å². The lowest BCUT2D eigenvalue weighted by Crippen LogP contribution is -2.38. The van der Waals surface area contributed by atoms with Crippen molar-refractivity contribution in [3.05, 3.63) is 30.6 Å². The van der Waals surface area contributed by atoms with Crippen LogP contribution in [0.25, 0.3) is 10.9 Å². The van der Waals surface area contributed by atoms with Gasteiger partial charge in [0.2, 0.25) is 5.88 Å². The van der Waals surface area contributed by atoms with Gasteiger partial charge in [-0.3, -0.25) is 0 Å². The molecule has 1 unspecified atom stereocenters. The maximum atomic E-state index is 5.85. The quantitative estimate of drug-likeness (QED) is 0.897. The third-order valence-electron chi connectivity index (χ3n) is 3.34. The molecule has 1 N–H and O–H groups in total. The first-order valence-corrected chi connectivity index (χ1v) is 6.49. The van der Waals surface area contributed by atoms with Crippen molar-refractivity contribution in [1.82, 2.24) is 15.3 Å². The minimum atomic E-state index is 0.451. The van der Waals surface area contributed by atoms with Crippen LogP contribution in [0.1, 0.15) is 19.3 Å². The van der Waals surface area contributed by atoms with Crippen LogP contribution in [0.4, 0.5) is 0 Å².